The SMILES string of the molecule is Cc1cc(N(CC(F)(F)F)C(C)C)ccc1CCN. The molecule has 0 amide bonds. The summed E-state index contributed by atoms with van der Waals surface area (Å²) in [5, 5.41) is 0. The van der Waals surface area contributed by atoms with Crippen molar-refractivity contribution < 1.29 is 13.2 Å². The molecule has 1 aromatic carbocycles. The molecular weight excluding hydrogens is 253 g/mol. The van der Waals surface area contributed by atoms with Crippen molar-refractivity contribution in [1.29, 1.82) is 0 Å². The highest BCUT2D eigenvalue weighted by molar-refractivity contribution is 5.51. The summed E-state index contributed by atoms with van der Waals surface area (Å²) in [4.78, 5) is 1.36. The topological polar surface area (TPSA) is 29.3 Å². The molecule has 0 unspecified atom stereocenters. The van der Waals surface area contributed by atoms with Gasteiger partial charge in [0.05, 0.1) is 0 Å². The standard InChI is InChI=1S/C14H21F3N2/c1-10(2)19(9-14(15,16)17)13-5-4-12(6-7-18)11(3)8-13/h4-5,8,10H,6-7,9,18H2,1-3H3. The second-order valence-corrected chi connectivity index (χ2v) is 4.99. The Morgan fingerprint density at radius 3 is 2.32 bits per heavy atom. The molecule has 0 aliphatic carbocycles. The van der Waals surface area contributed by atoms with Crippen LogP contribution in [0.5, 0.6) is 0 Å². The fraction of sp³-hybridized carbons (Fsp3) is 0.571. The van der Waals surface area contributed by atoms with Crippen LogP contribution in [0.3, 0.4) is 0 Å². The highest BCUT2D eigenvalue weighted by atomic mass is 19.4. The van der Waals surface area contributed by atoms with Crippen LogP contribution in [-0.2, 0) is 6.42 Å². The molecule has 0 radical (unpaired) electrons. The molecule has 0 spiro atoms. The van der Waals surface area contributed by atoms with Crippen LogP contribution in [-0.4, -0.2) is 25.3 Å². The average Bonchev–Trinajstić information content (AvgIpc) is 2.27. The third-order valence-corrected chi connectivity index (χ3v) is 3.04. The molecule has 1 aromatic rings. The van der Waals surface area contributed by atoms with Crippen LogP contribution in [0.4, 0.5) is 18.9 Å². The number of anilines is 1. The van der Waals surface area contributed by atoms with Gasteiger partial charge in [0.15, 0.2) is 0 Å². The van der Waals surface area contributed by atoms with E-state index in [0.717, 1.165) is 17.5 Å². The highest BCUT2D eigenvalue weighted by Gasteiger charge is 2.32. The summed E-state index contributed by atoms with van der Waals surface area (Å²) in [7, 11) is 0. The lowest BCUT2D eigenvalue weighted by Gasteiger charge is -2.30. The van der Waals surface area contributed by atoms with Crippen molar-refractivity contribution in [2.75, 3.05) is 18.0 Å². The minimum atomic E-state index is -4.20. The number of rotatable bonds is 5. The van der Waals surface area contributed by atoms with Crippen molar-refractivity contribution in [2.24, 2.45) is 5.73 Å². The van der Waals surface area contributed by atoms with Crippen molar-refractivity contribution in [3.05, 3.63) is 29.3 Å². The Labute approximate surface area is 112 Å². The van der Waals surface area contributed by atoms with E-state index in [9.17, 15) is 13.2 Å². The van der Waals surface area contributed by atoms with Crippen molar-refractivity contribution in [3.63, 3.8) is 0 Å². The first-order valence-corrected chi connectivity index (χ1v) is 6.37. The summed E-state index contributed by atoms with van der Waals surface area (Å²) in [6.45, 7) is 5.03. The lowest BCUT2D eigenvalue weighted by Crippen LogP contribution is -2.39. The molecule has 0 aromatic heterocycles. The lowest BCUT2D eigenvalue weighted by molar-refractivity contribution is -0.120. The molecule has 0 fully saturated rings. The predicted octanol–water partition coefficient (Wildman–Crippen LogP) is 3.27. The molecule has 0 heterocycles. The normalized spacial score (nSPS) is 12.0. The molecule has 19 heavy (non-hydrogen) atoms. The Morgan fingerprint density at radius 2 is 1.89 bits per heavy atom. The van der Waals surface area contributed by atoms with Crippen LogP contribution in [0, 0.1) is 6.92 Å². The molecule has 108 valence electrons. The molecule has 0 saturated heterocycles. The molecule has 0 bridgehead atoms. The number of benzene rings is 1. The van der Waals surface area contributed by atoms with E-state index >= 15 is 0 Å². The minimum absolute atomic E-state index is 0.207. The van der Waals surface area contributed by atoms with E-state index in [0.29, 0.717) is 12.2 Å². The van der Waals surface area contributed by atoms with Gasteiger partial charge in [-0.05, 0) is 57.0 Å². The summed E-state index contributed by atoms with van der Waals surface area (Å²) in [5.41, 5.74) is 8.17. The van der Waals surface area contributed by atoms with Gasteiger partial charge in [-0.3, -0.25) is 0 Å². The summed E-state index contributed by atoms with van der Waals surface area (Å²) >= 11 is 0. The zero-order valence-electron chi connectivity index (χ0n) is 11.6. The van der Waals surface area contributed by atoms with Crippen molar-refractivity contribution in [3.8, 4) is 0 Å². The minimum Gasteiger partial charge on any atom is -0.360 e. The zero-order valence-corrected chi connectivity index (χ0v) is 11.6. The number of halogens is 3. The quantitative estimate of drug-likeness (QED) is 0.893. The van der Waals surface area contributed by atoms with Crippen LogP contribution >= 0.6 is 0 Å². The van der Waals surface area contributed by atoms with Crippen LogP contribution in [0.15, 0.2) is 18.2 Å². The monoisotopic (exact) mass is 274 g/mol. The van der Waals surface area contributed by atoms with Gasteiger partial charge in [0.1, 0.15) is 6.54 Å². The van der Waals surface area contributed by atoms with Gasteiger partial charge >= 0.3 is 6.18 Å². The van der Waals surface area contributed by atoms with E-state index in [-0.39, 0.29) is 6.04 Å². The van der Waals surface area contributed by atoms with E-state index in [1.807, 2.05) is 13.0 Å². The van der Waals surface area contributed by atoms with Crippen LogP contribution in [0.2, 0.25) is 0 Å². The first-order valence-electron chi connectivity index (χ1n) is 6.37. The molecular formula is C14H21F3N2. The Kier molecular flexibility index (Phi) is 5.23. The number of nitrogens with zero attached hydrogens (tertiary/aromatic N) is 1. The van der Waals surface area contributed by atoms with Gasteiger partial charge in [-0.15, -0.1) is 0 Å². The number of hydrogen-bond donors (Lipinski definition) is 1. The summed E-state index contributed by atoms with van der Waals surface area (Å²) in [6.07, 6.45) is -3.46. The molecule has 0 saturated carbocycles. The van der Waals surface area contributed by atoms with Crippen LogP contribution < -0.4 is 10.6 Å². The van der Waals surface area contributed by atoms with Gasteiger partial charge < -0.3 is 10.6 Å². The maximum Gasteiger partial charge on any atom is 0.405 e. The van der Waals surface area contributed by atoms with Gasteiger partial charge in [-0.1, -0.05) is 6.07 Å². The second kappa shape index (κ2) is 6.28. The third-order valence-electron chi connectivity index (χ3n) is 3.04. The fourth-order valence-electron chi connectivity index (χ4n) is 2.06. The van der Waals surface area contributed by atoms with Crippen molar-refractivity contribution in [2.45, 2.75) is 39.4 Å². The van der Waals surface area contributed by atoms with E-state index in [1.54, 1.807) is 26.0 Å². The van der Waals surface area contributed by atoms with Crippen LogP contribution in [0.25, 0.3) is 0 Å². The number of aryl methyl sites for hydroxylation is 1. The van der Waals surface area contributed by atoms with Gasteiger partial charge in [-0.25, -0.2) is 0 Å². The first kappa shape index (κ1) is 15.8. The molecule has 0 aliphatic heterocycles. The van der Waals surface area contributed by atoms with Gasteiger partial charge in [0.25, 0.3) is 0 Å². The van der Waals surface area contributed by atoms with E-state index in [2.05, 4.69) is 0 Å². The van der Waals surface area contributed by atoms with E-state index < -0.39 is 12.7 Å². The smallest absolute Gasteiger partial charge is 0.360 e. The average molecular weight is 274 g/mol. The Hall–Kier alpha value is -1.23. The highest BCUT2D eigenvalue weighted by Crippen LogP contribution is 2.26. The van der Waals surface area contributed by atoms with Gasteiger partial charge in [0.2, 0.25) is 0 Å². The number of nitrogens with two attached hydrogens (primary N) is 1. The Balaban J connectivity index is 3.00. The first-order chi connectivity index (χ1) is 8.74. The number of hydrogen-bond acceptors (Lipinski definition) is 2. The Bertz CT molecular complexity index is 414. The Morgan fingerprint density at radius 1 is 1.26 bits per heavy atom. The maximum atomic E-state index is 12.6. The molecule has 5 heteroatoms. The van der Waals surface area contributed by atoms with E-state index in [1.165, 1.54) is 4.90 Å². The summed E-state index contributed by atoms with van der Waals surface area (Å²) in [5.74, 6) is 0. The van der Waals surface area contributed by atoms with Crippen molar-refractivity contribution >= 4 is 5.69 Å². The van der Waals surface area contributed by atoms with Crippen molar-refractivity contribution in [1.82, 2.24) is 0 Å². The molecule has 0 atom stereocenters. The lowest BCUT2D eigenvalue weighted by atomic mass is 10.0. The molecule has 2 nitrogen and oxygen atoms in total. The summed E-state index contributed by atoms with van der Waals surface area (Å²) < 4.78 is 37.8. The van der Waals surface area contributed by atoms with E-state index in [4.69, 9.17) is 5.73 Å². The summed E-state index contributed by atoms with van der Waals surface area (Å²) in [6, 6.07) is 5.20. The second-order valence-electron chi connectivity index (χ2n) is 4.99. The van der Waals surface area contributed by atoms with Crippen LogP contribution in [0.1, 0.15) is 25.0 Å². The zero-order chi connectivity index (χ0) is 14.6. The third kappa shape index (κ3) is 4.74. The van der Waals surface area contributed by atoms with Gasteiger partial charge in [-0.2, -0.15) is 13.2 Å². The molecule has 0 aliphatic rings. The fourth-order valence-corrected chi connectivity index (χ4v) is 2.06. The van der Waals surface area contributed by atoms with Gasteiger partial charge in [0, 0.05) is 11.7 Å². The number of alkyl halides is 3. The molecule has 1 rings (SSSR count). The molecule has 2 N–H and O–H groups in total. The predicted molar refractivity (Wildman–Crippen MR) is 72.5 cm³/mol. The largest absolute Gasteiger partial charge is 0.405 e. The maximum absolute atomic E-state index is 12.6.